The summed E-state index contributed by atoms with van der Waals surface area (Å²) < 4.78 is 7.25. The van der Waals surface area contributed by atoms with Crippen molar-refractivity contribution < 1.29 is 14.3 Å². The Morgan fingerprint density at radius 3 is 2.70 bits per heavy atom. The number of carbonyl (C=O) groups excluding carboxylic acids is 2. The first kappa shape index (κ1) is 23.2. The summed E-state index contributed by atoms with van der Waals surface area (Å²) in [6.45, 7) is 9.86. The average Bonchev–Trinajstić information content (AvgIpc) is 3.35. The van der Waals surface area contributed by atoms with E-state index < -0.39 is 11.2 Å². The first-order chi connectivity index (χ1) is 15.7. The highest BCUT2D eigenvalue weighted by Crippen LogP contribution is 2.29. The van der Waals surface area contributed by atoms with Gasteiger partial charge in [0, 0.05) is 5.39 Å². The van der Waals surface area contributed by atoms with Gasteiger partial charge in [-0.1, -0.05) is 55.1 Å². The molecule has 3 aromatic heterocycles. The zero-order valence-electron chi connectivity index (χ0n) is 19.1. The van der Waals surface area contributed by atoms with Gasteiger partial charge >= 0.3 is 5.97 Å². The number of esters is 1. The van der Waals surface area contributed by atoms with Gasteiger partial charge in [0.25, 0.3) is 0 Å². The van der Waals surface area contributed by atoms with Crippen molar-refractivity contribution in [3.05, 3.63) is 46.5 Å². The molecule has 0 aliphatic heterocycles. The number of benzene rings is 1. The van der Waals surface area contributed by atoms with Crippen LogP contribution in [0.3, 0.4) is 0 Å². The quantitative estimate of drug-likeness (QED) is 0.295. The highest BCUT2D eigenvalue weighted by atomic mass is 32.2. The van der Waals surface area contributed by atoms with Crippen LogP contribution in [-0.2, 0) is 9.53 Å². The first-order valence-corrected chi connectivity index (χ1v) is 12.3. The molecule has 4 rings (SSSR count). The molecular weight excluding hydrogens is 458 g/mol. The number of fused-ring (bicyclic) bond motifs is 3. The molecule has 33 heavy (non-hydrogen) atoms. The molecule has 1 unspecified atom stereocenters. The molecule has 10 heteroatoms. The van der Waals surface area contributed by atoms with Gasteiger partial charge in [0.2, 0.25) is 5.91 Å². The monoisotopic (exact) mass is 483 g/mol. The van der Waals surface area contributed by atoms with E-state index in [1.165, 1.54) is 11.8 Å². The Kier molecular flexibility index (Phi) is 6.66. The number of nitrogens with one attached hydrogen (secondary N) is 1. The van der Waals surface area contributed by atoms with E-state index in [0.717, 1.165) is 33.5 Å². The summed E-state index contributed by atoms with van der Waals surface area (Å²) in [5.41, 5.74) is 3.39. The molecule has 0 fully saturated rings. The molecule has 0 aliphatic rings. The second-order valence-corrected chi connectivity index (χ2v) is 10.5. The largest absolute Gasteiger partial charge is 0.461 e. The topological polar surface area (TPSA) is 98.5 Å². The molecule has 0 saturated heterocycles. The predicted octanol–water partition coefficient (Wildman–Crippen LogP) is 4.89. The van der Waals surface area contributed by atoms with Crippen molar-refractivity contribution >= 4 is 56.7 Å². The van der Waals surface area contributed by atoms with Gasteiger partial charge in [-0.05, 0) is 44.4 Å². The van der Waals surface area contributed by atoms with Gasteiger partial charge in [0.15, 0.2) is 15.9 Å². The minimum Gasteiger partial charge on any atom is -0.461 e. The Hall–Kier alpha value is -2.98. The number of carbonyl (C=O) groups is 2. The van der Waals surface area contributed by atoms with Gasteiger partial charge in [-0.15, -0.1) is 10.2 Å². The van der Waals surface area contributed by atoms with Crippen molar-refractivity contribution in [3.8, 4) is 0 Å². The molecule has 1 amide bonds. The molecule has 0 spiro atoms. The molecule has 1 aromatic carbocycles. The van der Waals surface area contributed by atoms with E-state index in [2.05, 4.69) is 26.6 Å². The Morgan fingerprint density at radius 2 is 1.94 bits per heavy atom. The van der Waals surface area contributed by atoms with E-state index >= 15 is 0 Å². The fraction of sp³-hybridized carbons (Fsp3) is 0.348. The lowest BCUT2D eigenvalue weighted by molar-refractivity contribution is -0.115. The number of pyridine rings is 1. The molecule has 0 aliphatic carbocycles. The van der Waals surface area contributed by atoms with Crippen molar-refractivity contribution in [3.63, 3.8) is 0 Å². The van der Waals surface area contributed by atoms with Gasteiger partial charge in [0.1, 0.15) is 4.88 Å². The zero-order valence-corrected chi connectivity index (χ0v) is 20.7. The number of amides is 1. The molecule has 172 valence electrons. The number of anilines is 1. The molecule has 8 nitrogen and oxygen atoms in total. The van der Waals surface area contributed by atoms with Gasteiger partial charge < -0.3 is 10.1 Å². The van der Waals surface area contributed by atoms with Crippen LogP contribution in [0, 0.1) is 19.8 Å². The first-order valence-electron chi connectivity index (χ1n) is 10.6. The van der Waals surface area contributed by atoms with Crippen LogP contribution in [0.5, 0.6) is 0 Å². The summed E-state index contributed by atoms with van der Waals surface area (Å²) in [7, 11) is 0. The predicted molar refractivity (Wildman–Crippen MR) is 131 cm³/mol. The normalized spacial score (nSPS) is 12.4. The zero-order chi connectivity index (χ0) is 23.7. The average molecular weight is 484 g/mol. The van der Waals surface area contributed by atoms with Crippen LogP contribution < -0.4 is 5.32 Å². The van der Waals surface area contributed by atoms with Crippen molar-refractivity contribution in [2.75, 3.05) is 11.9 Å². The molecule has 1 N–H and O–H groups in total. The SMILES string of the molecule is Cc1nc(NC(=O)C(C)Sc2nnc3cc(C)c4ccccc4n23)sc1C(=O)OCC(C)C. The van der Waals surface area contributed by atoms with Crippen LogP contribution in [0.25, 0.3) is 16.6 Å². The number of thioether (sulfide) groups is 1. The van der Waals surface area contributed by atoms with Gasteiger partial charge in [0.05, 0.1) is 23.1 Å². The molecule has 1 atom stereocenters. The third kappa shape index (κ3) is 4.86. The standard InChI is InChI=1S/C23H25N5O3S2/c1-12(2)11-31-21(30)19-14(4)24-22(33-19)25-20(29)15(5)32-23-27-26-18-10-13(3)16-8-6-7-9-17(16)28(18)23/h6-10,12,15H,11H2,1-5H3,(H,24,25,29). The number of thiazole rings is 1. The van der Waals surface area contributed by atoms with E-state index in [9.17, 15) is 9.59 Å². The summed E-state index contributed by atoms with van der Waals surface area (Å²) in [6, 6.07) is 10.0. The van der Waals surface area contributed by atoms with Crippen LogP contribution in [-0.4, -0.2) is 43.3 Å². The van der Waals surface area contributed by atoms with Crippen LogP contribution in [0.1, 0.15) is 41.7 Å². The van der Waals surface area contributed by atoms with E-state index in [0.29, 0.717) is 27.5 Å². The molecule has 0 saturated carbocycles. The molecule has 0 bridgehead atoms. The smallest absolute Gasteiger partial charge is 0.350 e. The number of hydrogen-bond acceptors (Lipinski definition) is 8. The van der Waals surface area contributed by atoms with Gasteiger partial charge in [-0.3, -0.25) is 9.20 Å². The number of rotatable bonds is 7. The Bertz CT molecular complexity index is 1340. The Morgan fingerprint density at radius 1 is 1.18 bits per heavy atom. The number of ether oxygens (including phenoxy) is 1. The minimum atomic E-state index is -0.460. The number of nitrogens with zero attached hydrogens (tertiary/aromatic N) is 4. The van der Waals surface area contributed by atoms with Crippen LogP contribution in [0.15, 0.2) is 35.5 Å². The van der Waals surface area contributed by atoms with Crippen molar-refractivity contribution in [2.24, 2.45) is 5.92 Å². The lowest BCUT2D eigenvalue weighted by atomic mass is 10.1. The van der Waals surface area contributed by atoms with E-state index in [4.69, 9.17) is 4.74 Å². The summed E-state index contributed by atoms with van der Waals surface area (Å²) in [4.78, 5) is 29.9. The van der Waals surface area contributed by atoms with Gasteiger partial charge in [-0.2, -0.15) is 0 Å². The van der Waals surface area contributed by atoms with E-state index in [1.807, 2.05) is 49.4 Å². The van der Waals surface area contributed by atoms with E-state index in [1.54, 1.807) is 13.8 Å². The van der Waals surface area contributed by atoms with Crippen molar-refractivity contribution in [1.29, 1.82) is 0 Å². The van der Waals surface area contributed by atoms with Gasteiger partial charge in [-0.25, -0.2) is 9.78 Å². The highest BCUT2D eigenvalue weighted by molar-refractivity contribution is 8.00. The van der Waals surface area contributed by atoms with Crippen LogP contribution >= 0.6 is 23.1 Å². The number of hydrogen-bond donors (Lipinski definition) is 1. The summed E-state index contributed by atoms with van der Waals surface area (Å²) in [5, 5.41) is 13.1. The number of para-hydroxylation sites is 1. The maximum absolute atomic E-state index is 12.9. The Balaban J connectivity index is 1.50. The summed E-state index contributed by atoms with van der Waals surface area (Å²) in [5.74, 6) is -0.406. The van der Waals surface area contributed by atoms with Crippen LogP contribution in [0.4, 0.5) is 5.13 Å². The molecule has 0 radical (unpaired) electrons. The lowest BCUT2D eigenvalue weighted by Gasteiger charge is -2.11. The molecule has 3 heterocycles. The Labute approximate surface area is 199 Å². The maximum Gasteiger partial charge on any atom is 0.350 e. The third-order valence-corrected chi connectivity index (χ3v) is 7.08. The van der Waals surface area contributed by atoms with Crippen LogP contribution in [0.2, 0.25) is 0 Å². The summed E-state index contributed by atoms with van der Waals surface area (Å²) >= 11 is 2.44. The second-order valence-electron chi connectivity index (χ2n) is 8.20. The number of aryl methyl sites for hydroxylation is 2. The van der Waals surface area contributed by atoms with Crippen molar-refractivity contribution in [1.82, 2.24) is 19.6 Å². The lowest BCUT2D eigenvalue weighted by Crippen LogP contribution is -2.22. The fourth-order valence-electron chi connectivity index (χ4n) is 3.32. The highest BCUT2D eigenvalue weighted by Gasteiger charge is 2.23. The van der Waals surface area contributed by atoms with E-state index in [-0.39, 0.29) is 11.8 Å². The number of aromatic nitrogens is 4. The summed E-state index contributed by atoms with van der Waals surface area (Å²) in [6.07, 6.45) is 0. The second kappa shape index (κ2) is 9.48. The maximum atomic E-state index is 12.9. The fourth-order valence-corrected chi connectivity index (χ4v) is 5.05. The third-order valence-electron chi connectivity index (χ3n) is 4.99. The molecular formula is C23H25N5O3S2. The minimum absolute atomic E-state index is 0.232. The van der Waals surface area contributed by atoms with Crippen molar-refractivity contribution in [2.45, 2.75) is 45.0 Å². The molecule has 4 aromatic rings.